The van der Waals surface area contributed by atoms with Crippen LogP contribution in [0.2, 0.25) is 0 Å². The minimum Gasteiger partial charge on any atom is -0.496 e. The van der Waals surface area contributed by atoms with Gasteiger partial charge in [-0.15, -0.1) is 0 Å². The molecule has 0 aliphatic heterocycles. The summed E-state index contributed by atoms with van der Waals surface area (Å²) in [6.45, 7) is 2.65. The van der Waals surface area contributed by atoms with Crippen LogP contribution in [-0.2, 0) is 0 Å². The van der Waals surface area contributed by atoms with Crippen molar-refractivity contribution in [1.29, 1.82) is 0 Å². The predicted octanol–water partition coefficient (Wildman–Crippen LogP) is 4.06. The van der Waals surface area contributed by atoms with Crippen molar-refractivity contribution >= 4 is 0 Å². The summed E-state index contributed by atoms with van der Waals surface area (Å²) in [6.07, 6.45) is 0.863. The highest BCUT2D eigenvalue weighted by molar-refractivity contribution is 5.43. The molecule has 0 saturated heterocycles. The van der Waals surface area contributed by atoms with Gasteiger partial charge in [-0.05, 0) is 31.2 Å². The maximum absolute atomic E-state index is 14.3. The van der Waals surface area contributed by atoms with Gasteiger partial charge in [0.05, 0.1) is 18.7 Å². The largest absolute Gasteiger partial charge is 0.496 e. The van der Waals surface area contributed by atoms with Crippen molar-refractivity contribution in [3.8, 4) is 5.75 Å². The number of benzene rings is 2. The number of hydrogen-bond acceptors (Lipinski definition) is 2. The zero-order valence-electron chi connectivity index (χ0n) is 12.2. The van der Waals surface area contributed by atoms with E-state index in [-0.39, 0.29) is 5.82 Å². The van der Waals surface area contributed by atoms with E-state index in [1.807, 2.05) is 6.92 Å². The minimum absolute atomic E-state index is 0.332. The van der Waals surface area contributed by atoms with Gasteiger partial charge in [0, 0.05) is 5.56 Å². The van der Waals surface area contributed by atoms with E-state index in [4.69, 9.17) is 4.74 Å². The number of ether oxygens (including phenoxy) is 1. The Morgan fingerprint density at radius 1 is 1.05 bits per heavy atom. The Balaban J connectivity index is 2.53. The zero-order valence-corrected chi connectivity index (χ0v) is 12.2. The van der Waals surface area contributed by atoms with E-state index in [1.54, 1.807) is 30.3 Å². The summed E-state index contributed by atoms with van der Waals surface area (Å²) >= 11 is 0. The van der Waals surface area contributed by atoms with Crippen LogP contribution in [0.15, 0.2) is 42.5 Å². The molecule has 21 heavy (non-hydrogen) atoms. The van der Waals surface area contributed by atoms with Crippen LogP contribution in [-0.4, -0.2) is 13.7 Å². The Morgan fingerprint density at radius 3 is 2.43 bits per heavy atom. The van der Waals surface area contributed by atoms with Crippen LogP contribution in [0.5, 0.6) is 5.75 Å². The average molecular weight is 291 g/mol. The first-order valence-electron chi connectivity index (χ1n) is 6.99. The molecule has 0 amide bonds. The van der Waals surface area contributed by atoms with Crippen LogP contribution >= 0.6 is 0 Å². The molecule has 2 aromatic rings. The van der Waals surface area contributed by atoms with Crippen molar-refractivity contribution < 1.29 is 13.5 Å². The number of nitrogens with one attached hydrogen (secondary N) is 1. The summed E-state index contributed by atoms with van der Waals surface area (Å²) < 4.78 is 33.7. The Hall–Kier alpha value is -1.94. The molecule has 0 aliphatic carbocycles. The molecule has 0 spiro atoms. The van der Waals surface area contributed by atoms with Gasteiger partial charge in [0.15, 0.2) is 0 Å². The number of hydrogen-bond donors (Lipinski definition) is 1. The van der Waals surface area contributed by atoms with Gasteiger partial charge in [0.1, 0.15) is 17.4 Å². The van der Waals surface area contributed by atoms with Gasteiger partial charge in [0.25, 0.3) is 0 Å². The van der Waals surface area contributed by atoms with Crippen LogP contribution in [0, 0.1) is 11.6 Å². The normalized spacial score (nSPS) is 12.2. The Morgan fingerprint density at radius 2 is 1.76 bits per heavy atom. The van der Waals surface area contributed by atoms with Gasteiger partial charge in [0.2, 0.25) is 0 Å². The molecular formula is C17H19F2NO. The lowest BCUT2D eigenvalue weighted by Crippen LogP contribution is -2.25. The summed E-state index contributed by atoms with van der Waals surface area (Å²) in [5, 5.41) is 3.20. The van der Waals surface area contributed by atoms with Crippen LogP contribution in [0.3, 0.4) is 0 Å². The summed E-state index contributed by atoms with van der Waals surface area (Å²) in [7, 11) is 1.48. The molecule has 2 nitrogen and oxygen atoms in total. The Labute approximate surface area is 123 Å². The van der Waals surface area contributed by atoms with Gasteiger partial charge in [-0.2, -0.15) is 0 Å². The van der Waals surface area contributed by atoms with E-state index < -0.39 is 11.9 Å². The predicted molar refractivity (Wildman–Crippen MR) is 79.5 cm³/mol. The highest BCUT2D eigenvalue weighted by Crippen LogP contribution is 2.33. The molecule has 2 rings (SSSR count). The molecule has 4 heteroatoms. The van der Waals surface area contributed by atoms with E-state index in [0.29, 0.717) is 23.4 Å². The monoisotopic (exact) mass is 291 g/mol. The summed E-state index contributed by atoms with van der Waals surface area (Å²) in [5.74, 6) is -0.366. The SMILES string of the molecule is CCCNC(c1ccccc1F)c1c(F)cccc1OC. The van der Waals surface area contributed by atoms with E-state index in [0.717, 1.165) is 6.42 Å². The lowest BCUT2D eigenvalue weighted by Gasteiger charge is -2.22. The standard InChI is InChI=1S/C17H19F2NO/c1-3-11-20-17(12-7-4-5-8-13(12)18)16-14(19)9-6-10-15(16)21-2/h4-10,17,20H,3,11H2,1-2H3. The Bertz CT molecular complexity index is 601. The second-order valence-electron chi connectivity index (χ2n) is 4.76. The second-order valence-corrected chi connectivity index (χ2v) is 4.76. The van der Waals surface area contributed by atoms with Gasteiger partial charge < -0.3 is 10.1 Å². The molecule has 0 aliphatic rings. The third kappa shape index (κ3) is 3.39. The van der Waals surface area contributed by atoms with Gasteiger partial charge in [-0.3, -0.25) is 0 Å². The number of methoxy groups -OCH3 is 1. The summed E-state index contributed by atoms with van der Waals surface area (Å²) in [4.78, 5) is 0. The van der Waals surface area contributed by atoms with Crippen molar-refractivity contribution in [2.75, 3.05) is 13.7 Å². The zero-order chi connectivity index (χ0) is 15.2. The highest BCUT2D eigenvalue weighted by atomic mass is 19.1. The van der Waals surface area contributed by atoms with Crippen molar-refractivity contribution in [3.05, 3.63) is 65.2 Å². The molecule has 2 aromatic carbocycles. The first-order chi connectivity index (χ1) is 10.2. The van der Waals surface area contributed by atoms with Crippen LogP contribution in [0.25, 0.3) is 0 Å². The van der Waals surface area contributed by atoms with E-state index in [2.05, 4.69) is 5.32 Å². The van der Waals surface area contributed by atoms with E-state index in [9.17, 15) is 8.78 Å². The van der Waals surface area contributed by atoms with Crippen molar-refractivity contribution in [3.63, 3.8) is 0 Å². The first kappa shape index (κ1) is 15.4. The fourth-order valence-electron chi connectivity index (χ4n) is 2.34. The molecule has 112 valence electrons. The summed E-state index contributed by atoms with van der Waals surface area (Å²) in [5.41, 5.74) is 0.743. The molecule has 0 bridgehead atoms. The molecule has 1 atom stereocenters. The molecule has 0 aromatic heterocycles. The first-order valence-corrected chi connectivity index (χ1v) is 6.99. The third-order valence-corrected chi connectivity index (χ3v) is 3.34. The van der Waals surface area contributed by atoms with E-state index >= 15 is 0 Å². The maximum atomic E-state index is 14.3. The molecule has 1 unspecified atom stereocenters. The molecule has 1 N–H and O–H groups in total. The third-order valence-electron chi connectivity index (χ3n) is 3.34. The van der Waals surface area contributed by atoms with Crippen LogP contribution < -0.4 is 10.1 Å². The van der Waals surface area contributed by atoms with Crippen molar-refractivity contribution in [1.82, 2.24) is 5.32 Å². The van der Waals surface area contributed by atoms with Gasteiger partial charge >= 0.3 is 0 Å². The van der Waals surface area contributed by atoms with Crippen LogP contribution in [0.1, 0.15) is 30.5 Å². The maximum Gasteiger partial charge on any atom is 0.132 e. The number of rotatable bonds is 6. The van der Waals surface area contributed by atoms with Gasteiger partial charge in [-0.1, -0.05) is 31.2 Å². The lowest BCUT2D eigenvalue weighted by molar-refractivity contribution is 0.395. The fraction of sp³-hybridized carbons (Fsp3) is 0.294. The second kappa shape index (κ2) is 7.18. The smallest absolute Gasteiger partial charge is 0.132 e. The topological polar surface area (TPSA) is 21.3 Å². The van der Waals surface area contributed by atoms with Gasteiger partial charge in [-0.25, -0.2) is 8.78 Å². The lowest BCUT2D eigenvalue weighted by atomic mass is 9.96. The molecule has 0 heterocycles. The van der Waals surface area contributed by atoms with Crippen molar-refractivity contribution in [2.24, 2.45) is 0 Å². The van der Waals surface area contributed by atoms with E-state index in [1.165, 1.54) is 19.2 Å². The Kier molecular flexibility index (Phi) is 5.28. The molecule has 0 fully saturated rings. The molecule has 0 radical (unpaired) electrons. The fourth-order valence-corrected chi connectivity index (χ4v) is 2.34. The van der Waals surface area contributed by atoms with Crippen LogP contribution in [0.4, 0.5) is 8.78 Å². The quantitative estimate of drug-likeness (QED) is 0.866. The molecule has 0 saturated carbocycles. The average Bonchev–Trinajstić information content (AvgIpc) is 2.50. The van der Waals surface area contributed by atoms with Crippen molar-refractivity contribution in [2.45, 2.75) is 19.4 Å². The molecular weight excluding hydrogens is 272 g/mol. The minimum atomic E-state index is -0.581. The highest BCUT2D eigenvalue weighted by Gasteiger charge is 2.23. The number of halogens is 2. The summed E-state index contributed by atoms with van der Waals surface area (Å²) in [6, 6.07) is 10.4.